The highest BCUT2D eigenvalue weighted by Crippen LogP contribution is 2.14. The van der Waals surface area contributed by atoms with E-state index in [1.165, 1.54) is 6.07 Å². The Morgan fingerprint density at radius 3 is 2.58 bits per heavy atom. The fourth-order valence-corrected chi connectivity index (χ4v) is 2.12. The van der Waals surface area contributed by atoms with E-state index in [4.69, 9.17) is 0 Å². The molecule has 0 aromatic heterocycles. The molecule has 0 aliphatic carbocycles. The topological polar surface area (TPSA) is 17.1 Å². The van der Waals surface area contributed by atoms with E-state index in [0.717, 1.165) is 29.5 Å². The zero-order valence-corrected chi connectivity index (χ0v) is 11.0. The molecule has 2 heteroatoms. The molecule has 19 heavy (non-hydrogen) atoms. The van der Waals surface area contributed by atoms with Crippen molar-refractivity contribution in [1.29, 1.82) is 0 Å². The van der Waals surface area contributed by atoms with E-state index >= 15 is 0 Å². The van der Waals surface area contributed by atoms with Crippen LogP contribution in [0, 0.1) is 12.7 Å². The van der Waals surface area contributed by atoms with Crippen LogP contribution in [0.2, 0.25) is 0 Å². The third kappa shape index (κ3) is 3.75. The predicted octanol–water partition coefficient (Wildman–Crippen LogP) is 4.34. The van der Waals surface area contributed by atoms with Gasteiger partial charge >= 0.3 is 0 Å². The predicted molar refractivity (Wildman–Crippen MR) is 74.8 cm³/mol. The van der Waals surface area contributed by atoms with Gasteiger partial charge in [-0.3, -0.25) is 4.79 Å². The number of Topliss-reactive ketones (excluding diaryl/α,β-unsaturated/α-hetero) is 1. The zero-order valence-electron chi connectivity index (χ0n) is 11.0. The molecule has 0 bridgehead atoms. The first-order chi connectivity index (χ1) is 9.16. The van der Waals surface area contributed by atoms with Crippen LogP contribution in [0.5, 0.6) is 0 Å². The summed E-state index contributed by atoms with van der Waals surface area (Å²) in [6, 6.07) is 14.1. The van der Waals surface area contributed by atoms with E-state index in [0.29, 0.717) is 6.42 Å². The summed E-state index contributed by atoms with van der Waals surface area (Å²) in [5.74, 6) is -0.0651. The maximum atomic E-state index is 13.1. The van der Waals surface area contributed by atoms with E-state index in [-0.39, 0.29) is 11.6 Å². The molecule has 98 valence electrons. The summed E-state index contributed by atoms with van der Waals surface area (Å²) in [6.45, 7) is 1.97. The Morgan fingerprint density at radius 1 is 1.11 bits per heavy atom. The molecule has 0 spiro atoms. The van der Waals surface area contributed by atoms with Gasteiger partial charge in [0.1, 0.15) is 5.82 Å². The summed E-state index contributed by atoms with van der Waals surface area (Å²) in [6.07, 6.45) is 1.99. The molecule has 1 nitrogen and oxygen atoms in total. The number of halogens is 1. The lowest BCUT2D eigenvalue weighted by Crippen LogP contribution is -2.00. The highest BCUT2D eigenvalue weighted by Gasteiger charge is 2.06. The van der Waals surface area contributed by atoms with E-state index in [9.17, 15) is 9.18 Å². The first-order valence-electron chi connectivity index (χ1n) is 6.50. The van der Waals surface area contributed by atoms with Crippen molar-refractivity contribution in [3.8, 4) is 0 Å². The van der Waals surface area contributed by atoms with Crippen LogP contribution in [0.15, 0.2) is 48.5 Å². The van der Waals surface area contributed by atoms with Crippen molar-refractivity contribution in [3.63, 3.8) is 0 Å². The summed E-state index contributed by atoms with van der Waals surface area (Å²) in [4.78, 5) is 11.9. The lowest BCUT2D eigenvalue weighted by atomic mass is 10.00. The minimum absolute atomic E-state index is 0.148. The molecule has 2 rings (SSSR count). The first kappa shape index (κ1) is 13.5. The quantitative estimate of drug-likeness (QED) is 0.727. The summed E-state index contributed by atoms with van der Waals surface area (Å²) in [5, 5.41) is 0. The van der Waals surface area contributed by atoms with Crippen LogP contribution in [-0.2, 0) is 6.42 Å². The van der Waals surface area contributed by atoms with Crippen molar-refractivity contribution >= 4 is 5.78 Å². The molecule has 0 saturated heterocycles. The number of benzene rings is 2. The number of rotatable bonds is 5. The molecule has 0 unspecified atom stereocenters. The first-order valence-corrected chi connectivity index (χ1v) is 6.50. The average Bonchev–Trinajstić information content (AvgIpc) is 2.43. The monoisotopic (exact) mass is 256 g/mol. The Kier molecular flexibility index (Phi) is 4.45. The minimum atomic E-state index is -0.213. The summed E-state index contributed by atoms with van der Waals surface area (Å²) in [5.41, 5.74) is 2.81. The van der Waals surface area contributed by atoms with Gasteiger partial charge in [0.15, 0.2) is 5.78 Å². The molecular weight excluding hydrogens is 239 g/mol. The van der Waals surface area contributed by atoms with Gasteiger partial charge in [-0.15, -0.1) is 0 Å². The van der Waals surface area contributed by atoms with Gasteiger partial charge in [0.25, 0.3) is 0 Å². The lowest BCUT2D eigenvalue weighted by Gasteiger charge is -2.05. The van der Waals surface area contributed by atoms with Gasteiger partial charge in [0.05, 0.1) is 0 Å². The maximum absolute atomic E-state index is 13.1. The van der Waals surface area contributed by atoms with Crippen molar-refractivity contribution in [1.82, 2.24) is 0 Å². The maximum Gasteiger partial charge on any atom is 0.162 e. The van der Waals surface area contributed by atoms with Crippen molar-refractivity contribution in [2.24, 2.45) is 0 Å². The number of carbonyl (C=O) groups is 1. The number of aryl methyl sites for hydroxylation is 2. The van der Waals surface area contributed by atoms with E-state index < -0.39 is 0 Å². The Labute approximate surface area is 113 Å². The zero-order chi connectivity index (χ0) is 13.7. The van der Waals surface area contributed by atoms with E-state index in [1.54, 1.807) is 12.1 Å². The molecule has 2 aromatic carbocycles. The normalized spacial score (nSPS) is 10.4. The molecular formula is C17H17FO. The second kappa shape index (κ2) is 6.28. The third-order valence-corrected chi connectivity index (χ3v) is 3.26. The van der Waals surface area contributed by atoms with Crippen LogP contribution < -0.4 is 0 Å². The Morgan fingerprint density at radius 2 is 1.84 bits per heavy atom. The average molecular weight is 256 g/mol. The van der Waals surface area contributed by atoms with Crippen LogP contribution >= 0.6 is 0 Å². The molecule has 0 fully saturated rings. The van der Waals surface area contributed by atoms with E-state index in [1.807, 2.05) is 37.3 Å². The Hall–Kier alpha value is -1.96. The second-order valence-electron chi connectivity index (χ2n) is 4.71. The fraction of sp³-hybridized carbons (Fsp3) is 0.235. The van der Waals surface area contributed by atoms with Crippen LogP contribution in [0.4, 0.5) is 4.39 Å². The molecule has 0 aliphatic heterocycles. The second-order valence-corrected chi connectivity index (χ2v) is 4.71. The minimum Gasteiger partial charge on any atom is -0.294 e. The van der Waals surface area contributed by atoms with Gasteiger partial charge < -0.3 is 0 Å². The highest BCUT2D eigenvalue weighted by molar-refractivity contribution is 5.95. The van der Waals surface area contributed by atoms with Gasteiger partial charge in [-0.25, -0.2) is 4.39 Å². The van der Waals surface area contributed by atoms with Crippen molar-refractivity contribution in [2.75, 3.05) is 0 Å². The highest BCUT2D eigenvalue weighted by atomic mass is 19.1. The van der Waals surface area contributed by atoms with Gasteiger partial charge in [0.2, 0.25) is 0 Å². The molecule has 0 N–H and O–H groups in total. The van der Waals surface area contributed by atoms with Crippen LogP contribution in [0.25, 0.3) is 0 Å². The Bertz CT molecular complexity index is 561. The summed E-state index contributed by atoms with van der Waals surface area (Å²) < 4.78 is 13.1. The molecule has 0 radical (unpaired) electrons. The lowest BCUT2D eigenvalue weighted by molar-refractivity contribution is 0.0980. The number of ketones is 1. The third-order valence-electron chi connectivity index (χ3n) is 3.26. The number of carbonyl (C=O) groups excluding carboxylic acids is 1. The van der Waals surface area contributed by atoms with Crippen LogP contribution in [0.1, 0.15) is 34.3 Å². The number of hydrogen-bond acceptors (Lipinski definition) is 1. The SMILES string of the molecule is Cc1ccc(F)cc1CCCC(=O)c1ccccc1. The van der Waals surface area contributed by atoms with Crippen LogP contribution in [-0.4, -0.2) is 5.78 Å². The van der Waals surface area contributed by atoms with Crippen molar-refractivity contribution in [2.45, 2.75) is 26.2 Å². The van der Waals surface area contributed by atoms with Gasteiger partial charge in [-0.1, -0.05) is 36.4 Å². The Balaban J connectivity index is 1.90. The molecule has 0 atom stereocenters. The van der Waals surface area contributed by atoms with E-state index in [2.05, 4.69) is 0 Å². The summed E-state index contributed by atoms with van der Waals surface area (Å²) >= 11 is 0. The van der Waals surface area contributed by atoms with Crippen molar-refractivity contribution < 1.29 is 9.18 Å². The molecule has 2 aromatic rings. The van der Waals surface area contributed by atoms with Gasteiger partial charge in [-0.2, -0.15) is 0 Å². The summed E-state index contributed by atoms with van der Waals surface area (Å²) in [7, 11) is 0. The smallest absolute Gasteiger partial charge is 0.162 e. The van der Waals surface area contributed by atoms with Crippen LogP contribution in [0.3, 0.4) is 0 Å². The molecule has 0 aliphatic rings. The molecule has 0 amide bonds. The standard InChI is InChI=1S/C17H17FO/c1-13-10-11-16(18)12-15(13)8-5-9-17(19)14-6-3-2-4-7-14/h2-4,6-7,10-12H,5,8-9H2,1H3. The van der Waals surface area contributed by atoms with Gasteiger partial charge in [0, 0.05) is 12.0 Å². The fourth-order valence-electron chi connectivity index (χ4n) is 2.12. The largest absolute Gasteiger partial charge is 0.294 e. The van der Waals surface area contributed by atoms with Crippen molar-refractivity contribution in [3.05, 3.63) is 71.0 Å². The van der Waals surface area contributed by atoms with Gasteiger partial charge in [-0.05, 0) is 43.0 Å². The molecule has 0 heterocycles. The number of hydrogen-bond donors (Lipinski definition) is 0. The molecule has 0 saturated carbocycles.